The summed E-state index contributed by atoms with van der Waals surface area (Å²) in [5, 5.41) is 14.3. The first-order chi connectivity index (χ1) is 15.9. The van der Waals surface area contributed by atoms with Crippen molar-refractivity contribution in [2.45, 2.75) is 20.4 Å². The van der Waals surface area contributed by atoms with E-state index in [0.717, 1.165) is 22.4 Å². The van der Waals surface area contributed by atoms with Gasteiger partial charge >= 0.3 is 5.97 Å². The van der Waals surface area contributed by atoms with Gasteiger partial charge in [0.1, 0.15) is 34.4 Å². The van der Waals surface area contributed by atoms with Gasteiger partial charge in [0.15, 0.2) is 4.88 Å². The number of halogens is 1. The quantitative estimate of drug-likeness (QED) is 0.371. The van der Waals surface area contributed by atoms with E-state index in [2.05, 4.69) is 20.3 Å². The Balaban J connectivity index is 1.50. The average molecular weight is 472 g/mol. The van der Waals surface area contributed by atoms with E-state index in [-0.39, 0.29) is 17.3 Å². The van der Waals surface area contributed by atoms with Crippen LogP contribution >= 0.6 is 11.3 Å². The van der Waals surface area contributed by atoms with Gasteiger partial charge in [0.25, 0.3) is 0 Å². The van der Waals surface area contributed by atoms with Crippen LogP contribution in [0.5, 0.6) is 11.6 Å². The van der Waals surface area contributed by atoms with Crippen molar-refractivity contribution < 1.29 is 23.8 Å². The lowest BCUT2D eigenvalue weighted by Crippen LogP contribution is -2.13. The minimum atomic E-state index is -0.635. The molecule has 4 aromatic rings. The van der Waals surface area contributed by atoms with E-state index >= 15 is 0 Å². The summed E-state index contributed by atoms with van der Waals surface area (Å²) in [7, 11) is 1.56. The summed E-state index contributed by atoms with van der Waals surface area (Å²) in [5.41, 5.74) is 1.84. The van der Waals surface area contributed by atoms with Crippen LogP contribution < -0.4 is 10.1 Å². The molecule has 3 heterocycles. The third-order valence-corrected chi connectivity index (χ3v) is 6.04. The highest BCUT2D eigenvalue weighted by Crippen LogP contribution is 2.32. The van der Waals surface area contributed by atoms with Crippen molar-refractivity contribution in [3.05, 3.63) is 47.0 Å². The standard InChI is InChI=1S/C22H22FN5O4S/c1-4-32-22(30)19-20(29)27-21(33-19)15-10-17(26-11-25-15)24-7-8-28-12(2)9-13-16(31-3)6-5-14(23)18(13)28/h5-6,9-11,29H,4,7-8H2,1-3H3,(H,24,25,26). The predicted octanol–water partition coefficient (Wildman–Crippen LogP) is 4.01. The number of fused-ring (bicyclic) bond motifs is 1. The molecule has 0 aliphatic carbocycles. The Bertz CT molecular complexity index is 1320. The number of ether oxygens (including phenoxy) is 2. The number of aromatic nitrogens is 4. The molecule has 0 aliphatic rings. The summed E-state index contributed by atoms with van der Waals surface area (Å²) in [5.74, 6) is -0.197. The minimum Gasteiger partial charge on any atom is -0.496 e. The van der Waals surface area contributed by atoms with Crippen molar-refractivity contribution in [1.29, 1.82) is 0 Å². The van der Waals surface area contributed by atoms with Gasteiger partial charge in [0, 0.05) is 30.2 Å². The van der Waals surface area contributed by atoms with Crippen molar-refractivity contribution in [1.82, 2.24) is 19.5 Å². The molecular weight excluding hydrogens is 449 g/mol. The van der Waals surface area contributed by atoms with Crippen molar-refractivity contribution in [3.8, 4) is 22.3 Å². The van der Waals surface area contributed by atoms with E-state index < -0.39 is 11.8 Å². The molecule has 1 aromatic carbocycles. The topological polar surface area (TPSA) is 111 Å². The lowest BCUT2D eigenvalue weighted by atomic mass is 10.2. The summed E-state index contributed by atoms with van der Waals surface area (Å²) in [6.45, 7) is 4.75. The third kappa shape index (κ3) is 4.44. The molecule has 2 N–H and O–H groups in total. The number of anilines is 1. The molecule has 0 amide bonds. The highest BCUT2D eigenvalue weighted by Gasteiger charge is 2.20. The molecule has 9 nitrogen and oxygen atoms in total. The number of esters is 1. The molecule has 3 aromatic heterocycles. The van der Waals surface area contributed by atoms with Gasteiger partial charge in [0.2, 0.25) is 5.88 Å². The summed E-state index contributed by atoms with van der Waals surface area (Å²) < 4.78 is 26.7. The normalized spacial score (nSPS) is 11.0. The zero-order chi connectivity index (χ0) is 23.5. The van der Waals surface area contributed by atoms with Crippen LogP contribution in [0.2, 0.25) is 0 Å². The Morgan fingerprint density at radius 1 is 1.30 bits per heavy atom. The van der Waals surface area contributed by atoms with Crippen LogP contribution in [0.15, 0.2) is 30.6 Å². The molecule has 0 radical (unpaired) electrons. The second-order valence-electron chi connectivity index (χ2n) is 7.06. The molecule has 0 spiro atoms. The molecule has 172 valence electrons. The largest absolute Gasteiger partial charge is 0.496 e. The molecule has 0 bridgehead atoms. The first-order valence-electron chi connectivity index (χ1n) is 10.2. The number of rotatable bonds is 8. The Kier molecular flexibility index (Phi) is 6.40. The van der Waals surface area contributed by atoms with E-state index in [4.69, 9.17) is 9.47 Å². The number of carbonyl (C=O) groups excluding carboxylic acids is 1. The molecule has 0 saturated carbocycles. The Morgan fingerprint density at radius 3 is 2.88 bits per heavy atom. The summed E-state index contributed by atoms with van der Waals surface area (Å²) >= 11 is 0.988. The van der Waals surface area contributed by atoms with Crippen molar-refractivity contribution in [2.75, 3.05) is 25.6 Å². The van der Waals surface area contributed by atoms with Gasteiger partial charge in [0.05, 0.1) is 19.2 Å². The Labute approximate surface area is 192 Å². The molecule has 33 heavy (non-hydrogen) atoms. The highest BCUT2D eigenvalue weighted by atomic mass is 32.1. The van der Waals surface area contributed by atoms with Crippen LogP contribution in [0, 0.1) is 12.7 Å². The maximum atomic E-state index is 14.5. The second-order valence-corrected chi connectivity index (χ2v) is 8.06. The molecule has 0 unspecified atom stereocenters. The van der Waals surface area contributed by atoms with Gasteiger partial charge in [-0.05, 0) is 32.0 Å². The zero-order valence-corrected chi connectivity index (χ0v) is 19.1. The van der Waals surface area contributed by atoms with Crippen LogP contribution in [-0.4, -0.2) is 50.9 Å². The SMILES string of the molecule is CCOC(=O)c1sc(-c2cc(NCCn3c(C)cc4c(OC)ccc(F)c43)ncn2)nc1O. The summed E-state index contributed by atoms with van der Waals surface area (Å²) in [4.78, 5) is 24.3. The number of hydrogen-bond donors (Lipinski definition) is 2. The van der Waals surface area contributed by atoms with Crippen LogP contribution in [-0.2, 0) is 11.3 Å². The molecular formula is C22H22FN5O4S. The number of carbonyl (C=O) groups is 1. The van der Waals surface area contributed by atoms with Crippen LogP contribution in [0.1, 0.15) is 22.3 Å². The summed E-state index contributed by atoms with van der Waals surface area (Å²) in [6, 6.07) is 6.58. The van der Waals surface area contributed by atoms with E-state index in [1.807, 2.05) is 17.6 Å². The van der Waals surface area contributed by atoms with Crippen LogP contribution in [0.25, 0.3) is 21.6 Å². The molecule has 11 heteroatoms. The Hall–Kier alpha value is -3.73. The fourth-order valence-corrected chi connectivity index (χ4v) is 4.34. The van der Waals surface area contributed by atoms with E-state index in [1.54, 1.807) is 26.2 Å². The van der Waals surface area contributed by atoms with Gasteiger partial charge in [-0.1, -0.05) is 0 Å². The maximum Gasteiger partial charge on any atom is 0.353 e. The van der Waals surface area contributed by atoms with Gasteiger partial charge in [-0.15, -0.1) is 11.3 Å². The summed E-state index contributed by atoms with van der Waals surface area (Å²) in [6.07, 6.45) is 1.36. The van der Waals surface area contributed by atoms with Gasteiger partial charge in [-0.3, -0.25) is 0 Å². The first-order valence-corrected chi connectivity index (χ1v) is 11.0. The first kappa shape index (κ1) is 22.5. The fraction of sp³-hybridized carbons (Fsp3) is 0.273. The number of hydrogen-bond acceptors (Lipinski definition) is 9. The smallest absolute Gasteiger partial charge is 0.353 e. The number of aryl methyl sites for hydroxylation is 1. The van der Waals surface area contributed by atoms with Gasteiger partial charge < -0.3 is 24.5 Å². The number of nitrogens with one attached hydrogen (secondary N) is 1. The van der Waals surface area contributed by atoms with Crippen molar-refractivity contribution in [2.24, 2.45) is 0 Å². The Morgan fingerprint density at radius 2 is 2.12 bits per heavy atom. The van der Waals surface area contributed by atoms with E-state index in [0.29, 0.717) is 40.9 Å². The lowest BCUT2D eigenvalue weighted by molar-refractivity contribution is 0.0528. The zero-order valence-electron chi connectivity index (χ0n) is 18.3. The van der Waals surface area contributed by atoms with E-state index in [9.17, 15) is 14.3 Å². The monoisotopic (exact) mass is 471 g/mol. The van der Waals surface area contributed by atoms with Crippen molar-refractivity contribution >= 4 is 34.0 Å². The van der Waals surface area contributed by atoms with Crippen LogP contribution in [0.4, 0.5) is 10.2 Å². The number of methoxy groups -OCH3 is 1. The predicted molar refractivity (Wildman–Crippen MR) is 122 cm³/mol. The molecule has 0 fully saturated rings. The third-order valence-electron chi connectivity index (χ3n) is 4.99. The number of nitrogens with zero attached hydrogens (tertiary/aromatic N) is 4. The van der Waals surface area contributed by atoms with Gasteiger partial charge in [-0.2, -0.15) is 4.98 Å². The number of aromatic hydroxyl groups is 1. The second kappa shape index (κ2) is 9.41. The molecule has 0 saturated heterocycles. The highest BCUT2D eigenvalue weighted by molar-refractivity contribution is 7.17. The molecule has 0 aliphatic heterocycles. The minimum absolute atomic E-state index is 0.0207. The van der Waals surface area contributed by atoms with E-state index in [1.165, 1.54) is 12.4 Å². The van der Waals surface area contributed by atoms with Crippen LogP contribution in [0.3, 0.4) is 0 Å². The molecule has 4 rings (SSSR count). The average Bonchev–Trinajstić information content (AvgIpc) is 3.35. The maximum absolute atomic E-state index is 14.5. The number of benzene rings is 1. The number of thiazole rings is 1. The fourth-order valence-electron chi connectivity index (χ4n) is 3.52. The lowest BCUT2D eigenvalue weighted by Gasteiger charge is -2.11. The van der Waals surface area contributed by atoms with Gasteiger partial charge in [-0.25, -0.2) is 19.2 Å². The molecule has 0 atom stereocenters. The van der Waals surface area contributed by atoms with Crippen molar-refractivity contribution in [3.63, 3.8) is 0 Å².